The summed E-state index contributed by atoms with van der Waals surface area (Å²) in [7, 11) is 1.71. The number of benzene rings is 2. The molecule has 0 fully saturated rings. The first kappa shape index (κ1) is 24.6. The molecule has 1 aromatic heterocycles. The maximum atomic E-state index is 13.1. The lowest BCUT2D eigenvalue weighted by molar-refractivity contribution is -0.123. The zero-order valence-electron chi connectivity index (χ0n) is 19.7. The highest BCUT2D eigenvalue weighted by molar-refractivity contribution is 6.33. The molecule has 4 rings (SSSR count). The Labute approximate surface area is 209 Å². The Bertz CT molecular complexity index is 1220. The Morgan fingerprint density at radius 1 is 1.23 bits per heavy atom. The summed E-state index contributed by atoms with van der Waals surface area (Å²) in [6.45, 7) is 2.20. The predicted octanol–water partition coefficient (Wildman–Crippen LogP) is 3.81. The number of aromatic nitrogens is 2. The normalized spacial score (nSPS) is 14.4. The molecule has 8 nitrogen and oxygen atoms in total. The number of halogens is 1. The van der Waals surface area contributed by atoms with E-state index < -0.39 is 12.1 Å². The lowest BCUT2D eigenvalue weighted by Gasteiger charge is -2.25. The minimum absolute atomic E-state index is 0.108. The Hall–Kier alpha value is -3.49. The molecule has 2 atom stereocenters. The summed E-state index contributed by atoms with van der Waals surface area (Å²) in [5.74, 6) is -0.137. The molecule has 182 valence electrons. The van der Waals surface area contributed by atoms with Gasteiger partial charge in [0, 0.05) is 24.7 Å². The quantitative estimate of drug-likeness (QED) is 0.418. The monoisotopic (exact) mass is 493 g/mol. The van der Waals surface area contributed by atoms with Crippen LogP contribution in [0.2, 0.25) is 5.02 Å². The van der Waals surface area contributed by atoms with Crippen molar-refractivity contribution in [2.45, 2.75) is 38.5 Å². The number of nitrogens with one attached hydrogen (secondary N) is 2. The second-order valence-electron chi connectivity index (χ2n) is 8.49. The molecule has 0 saturated carbocycles. The summed E-state index contributed by atoms with van der Waals surface area (Å²) in [5, 5.41) is 16.8. The van der Waals surface area contributed by atoms with Gasteiger partial charge >= 0.3 is 0 Å². The van der Waals surface area contributed by atoms with Crippen LogP contribution in [0.3, 0.4) is 0 Å². The van der Waals surface area contributed by atoms with Gasteiger partial charge < -0.3 is 20.6 Å². The van der Waals surface area contributed by atoms with Crippen LogP contribution in [-0.2, 0) is 11.3 Å². The van der Waals surface area contributed by atoms with Crippen LogP contribution in [0.4, 0.5) is 5.95 Å². The minimum atomic E-state index is -0.722. The number of carbonyl (C=O) groups is 2. The second-order valence-corrected chi connectivity index (χ2v) is 8.89. The third-order valence-corrected chi connectivity index (χ3v) is 6.29. The molecular weight excluding hydrogens is 466 g/mol. The number of anilines is 1. The van der Waals surface area contributed by atoms with E-state index in [1.54, 1.807) is 13.1 Å². The topological polar surface area (TPSA) is 107 Å². The summed E-state index contributed by atoms with van der Waals surface area (Å²) < 4.78 is 0. The standard InChI is InChI=1S/C26H28ClN5O3/c1-3-7-21(33)24(16-8-5-4-6-9-16)30-22(34)15-32-14-18-11-10-17(12-19(18)25(32)35)23-20(27)13-29-26(28-2)31-23/h4-6,8-13,21,24,33H,3,7,14-15H2,1-2H3,(H,30,34)(H,28,29,31). The number of nitrogens with zero attached hydrogens (tertiary/aromatic N) is 3. The van der Waals surface area contributed by atoms with Crippen LogP contribution in [0.25, 0.3) is 11.3 Å². The van der Waals surface area contributed by atoms with E-state index in [2.05, 4.69) is 20.6 Å². The van der Waals surface area contributed by atoms with Gasteiger partial charge in [0.15, 0.2) is 0 Å². The first-order chi connectivity index (χ1) is 16.9. The van der Waals surface area contributed by atoms with Gasteiger partial charge in [-0.25, -0.2) is 9.97 Å². The zero-order chi connectivity index (χ0) is 24.9. The lowest BCUT2D eigenvalue weighted by Crippen LogP contribution is -2.42. The fourth-order valence-electron chi connectivity index (χ4n) is 4.24. The van der Waals surface area contributed by atoms with Gasteiger partial charge in [0.1, 0.15) is 6.54 Å². The lowest BCUT2D eigenvalue weighted by atomic mass is 9.98. The molecule has 2 heterocycles. The average Bonchev–Trinajstić information content (AvgIpc) is 3.17. The minimum Gasteiger partial charge on any atom is -0.391 e. The highest BCUT2D eigenvalue weighted by Gasteiger charge is 2.31. The molecule has 0 radical (unpaired) electrons. The highest BCUT2D eigenvalue weighted by atomic mass is 35.5. The van der Waals surface area contributed by atoms with E-state index in [1.807, 2.05) is 49.4 Å². The van der Waals surface area contributed by atoms with Gasteiger partial charge in [-0.2, -0.15) is 0 Å². The molecule has 3 aromatic rings. The molecule has 0 saturated heterocycles. The summed E-state index contributed by atoms with van der Waals surface area (Å²) in [5.41, 5.74) is 3.38. The number of rotatable bonds is 9. The number of amides is 2. The van der Waals surface area contributed by atoms with Gasteiger partial charge in [-0.1, -0.05) is 67.4 Å². The summed E-state index contributed by atoms with van der Waals surface area (Å²) in [6.07, 6.45) is 2.13. The van der Waals surface area contributed by atoms with Crippen molar-refractivity contribution >= 4 is 29.4 Å². The molecule has 2 aromatic carbocycles. The molecule has 3 N–H and O–H groups in total. The number of aliphatic hydroxyl groups excluding tert-OH is 1. The molecule has 1 aliphatic heterocycles. The number of hydrogen-bond acceptors (Lipinski definition) is 6. The molecule has 2 unspecified atom stereocenters. The smallest absolute Gasteiger partial charge is 0.254 e. The van der Waals surface area contributed by atoms with Crippen molar-refractivity contribution < 1.29 is 14.7 Å². The van der Waals surface area contributed by atoms with Crippen LogP contribution in [0.1, 0.15) is 47.3 Å². The van der Waals surface area contributed by atoms with Crippen molar-refractivity contribution in [3.8, 4) is 11.3 Å². The molecule has 0 spiro atoms. The maximum Gasteiger partial charge on any atom is 0.254 e. The Morgan fingerprint density at radius 2 is 2.00 bits per heavy atom. The summed E-state index contributed by atoms with van der Waals surface area (Å²) in [6, 6.07) is 14.3. The van der Waals surface area contributed by atoms with Crippen molar-refractivity contribution in [1.82, 2.24) is 20.2 Å². The van der Waals surface area contributed by atoms with E-state index in [0.717, 1.165) is 17.5 Å². The van der Waals surface area contributed by atoms with Crippen molar-refractivity contribution in [2.75, 3.05) is 18.9 Å². The van der Waals surface area contributed by atoms with E-state index >= 15 is 0 Å². The van der Waals surface area contributed by atoms with Crippen molar-refractivity contribution in [2.24, 2.45) is 0 Å². The Balaban J connectivity index is 1.49. The van der Waals surface area contributed by atoms with E-state index in [0.29, 0.717) is 40.8 Å². The van der Waals surface area contributed by atoms with Gasteiger partial charge in [0.05, 0.1) is 29.1 Å². The molecule has 2 amide bonds. The maximum absolute atomic E-state index is 13.1. The first-order valence-electron chi connectivity index (χ1n) is 11.6. The molecule has 0 aliphatic carbocycles. The fourth-order valence-corrected chi connectivity index (χ4v) is 4.44. The second kappa shape index (κ2) is 10.8. The molecule has 9 heteroatoms. The van der Waals surface area contributed by atoms with Crippen LogP contribution in [0.5, 0.6) is 0 Å². The molecule has 1 aliphatic rings. The predicted molar refractivity (Wildman–Crippen MR) is 135 cm³/mol. The highest BCUT2D eigenvalue weighted by Crippen LogP contribution is 2.31. The van der Waals surface area contributed by atoms with E-state index in [9.17, 15) is 14.7 Å². The van der Waals surface area contributed by atoms with E-state index in [4.69, 9.17) is 11.6 Å². The zero-order valence-corrected chi connectivity index (χ0v) is 20.4. The number of carbonyl (C=O) groups excluding carboxylic acids is 2. The van der Waals surface area contributed by atoms with Gasteiger partial charge in [-0.05, 0) is 23.6 Å². The Kier molecular flexibility index (Phi) is 7.63. The third-order valence-electron chi connectivity index (χ3n) is 6.01. The van der Waals surface area contributed by atoms with Crippen LogP contribution in [0.15, 0.2) is 54.7 Å². The number of fused-ring (bicyclic) bond motifs is 1. The molecular formula is C26H28ClN5O3. The average molecular weight is 494 g/mol. The molecule has 0 bridgehead atoms. The van der Waals surface area contributed by atoms with Crippen LogP contribution < -0.4 is 10.6 Å². The van der Waals surface area contributed by atoms with Crippen molar-refractivity contribution in [3.63, 3.8) is 0 Å². The SMILES string of the molecule is CCCC(O)C(NC(=O)CN1Cc2ccc(-c3nc(NC)ncc3Cl)cc2C1=O)c1ccccc1. The van der Waals surface area contributed by atoms with Gasteiger partial charge in [-0.3, -0.25) is 9.59 Å². The van der Waals surface area contributed by atoms with Gasteiger partial charge in [-0.15, -0.1) is 0 Å². The number of hydrogen-bond donors (Lipinski definition) is 3. The van der Waals surface area contributed by atoms with Gasteiger partial charge in [0.25, 0.3) is 5.91 Å². The van der Waals surface area contributed by atoms with Gasteiger partial charge in [0.2, 0.25) is 11.9 Å². The Morgan fingerprint density at radius 3 is 2.71 bits per heavy atom. The summed E-state index contributed by atoms with van der Waals surface area (Å²) >= 11 is 6.30. The van der Waals surface area contributed by atoms with E-state index in [1.165, 1.54) is 11.1 Å². The van der Waals surface area contributed by atoms with Crippen LogP contribution in [-0.4, -0.2) is 51.5 Å². The van der Waals surface area contributed by atoms with Crippen molar-refractivity contribution in [1.29, 1.82) is 0 Å². The largest absolute Gasteiger partial charge is 0.391 e. The van der Waals surface area contributed by atoms with Crippen LogP contribution in [0, 0.1) is 0 Å². The fraction of sp³-hybridized carbons (Fsp3) is 0.308. The summed E-state index contributed by atoms with van der Waals surface area (Å²) in [4.78, 5) is 36.1. The third kappa shape index (κ3) is 5.44. The van der Waals surface area contributed by atoms with Crippen molar-refractivity contribution in [3.05, 3.63) is 76.4 Å². The number of aliphatic hydroxyl groups is 1. The van der Waals surface area contributed by atoms with Crippen LogP contribution >= 0.6 is 11.6 Å². The first-order valence-corrected chi connectivity index (χ1v) is 11.9. The van der Waals surface area contributed by atoms with E-state index in [-0.39, 0.29) is 18.4 Å². The molecule has 35 heavy (non-hydrogen) atoms.